The first-order chi connectivity index (χ1) is 11.1. The number of methoxy groups -OCH3 is 1. The number of guanidine groups is 1. The first kappa shape index (κ1) is 23.1. The van der Waals surface area contributed by atoms with Crippen LogP contribution in [0.1, 0.15) is 19.8 Å². The summed E-state index contributed by atoms with van der Waals surface area (Å²) < 4.78 is 29.3. The molecule has 0 unspecified atom stereocenters. The smallest absolute Gasteiger partial charge is 0.191 e. The highest BCUT2D eigenvalue weighted by molar-refractivity contribution is 14.0. The molecule has 0 atom stereocenters. The molecule has 2 N–H and O–H groups in total. The molecule has 0 aliphatic heterocycles. The summed E-state index contributed by atoms with van der Waals surface area (Å²) in [6, 6.07) is 8.53. The van der Waals surface area contributed by atoms with E-state index in [0.29, 0.717) is 30.4 Å². The van der Waals surface area contributed by atoms with Crippen molar-refractivity contribution in [3.63, 3.8) is 0 Å². The van der Waals surface area contributed by atoms with E-state index in [1.54, 1.807) is 37.4 Å². The normalized spacial score (nSPS) is 11.7. The molecule has 0 aliphatic carbocycles. The van der Waals surface area contributed by atoms with Crippen LogP contribution in [-0.4, -0.2) is 53.5 Å². The van der Waals surface area contributed by atoms with Crippen molar-refractivity contribution in [1.82, 2.24) is 10.6 Å². The van der Waals surface area contributed by atoms with Gasteiger partial charge in [-0.15, -0.1) is 24.0 Å². The van der Waals surface area contributed by atoms with E-state index in [2.05, 4.69) is 15.6 Å². The van der Waals surface area contributed by atoms with Gasteiger partial charge in [-0.05, 0) is 31.9 Å². The average molecular weight is 469 g/mol. The summed E-state index contributed by atoms with van der Waals surface area (Å²) in [5.41, 5.74) is 0. The minimum absolute atomic E-state index is 0. The van der Waals surface area contributed by atoms with Gasteiger partial charge in [0.05, 0.1) is 10.6 Å². The van der Waals surface area contributed by atoms with E-state index in [1.165, 1.54) is 0 Å². The molecule has 0 radical (unpaired) electrons. The van der Waals surface area contributed by atoms with Crippen LogP contribution < -0.4 is 10.6 Å². The second-order valence-electron chi connectivity index (χ2n) is 5.02. The Labute approximate surface area is 162 Å². The number of halogens is 1. The van der Waals surface area contributed by atoms with Crippen LogP contribution in [0.3, 0.4) is 0 Å². The molecule has 6 nitrogen and oxygen atoms in total. The molecule has 0 bridgehead atoms. The van der Waals surface area contributed by atoms with Crippen LogP contribution in [-0.2, 0) is 14.6 Å². The average Bonchev–Trinajstić information content (AvgIpc) is 2.56. The van der Waals surface area contributed by atoms with Crippen molar-refractivity contribution in [2.75, 3.05) is 39.1 Å². The van der Waals surface area contributed by atoms with E-state index in [-0.39, 0.29) is 29.7 Å². The Hall–Kier alpha value is -0.870. The molecule has 0 heterocycles. The Morgan fingerprint density at radius 1 is 1.17 bits per heavy atom. The van der Waals surface area contributed by atoms with Crippen LogP contribution in [0.4, 0.5) is 0 Å². The molecule has 1 aromatic carbocycles. The zero-order chi connectivity index (χ0) is 17.0. The van der Waals surface area contributed by atoms with Gasteiger partial charge in [-0.25, -0.2) is 8.42 Å². The zero-order valence-electron chi connectivity index (χ0n) is 14.3. The summed E-state index contributed by atoms with van der Waals surface area (Å²) in [5, 5.41) is 6.33. The van der Waals surface area contributed by atoms with Crippen molar-refractivity contribution in [2.24, 2.45) is 4.99 Å². The van der Waals surface area contributed by atoms with Gasteiger partial charge in [0.25, 0.3) is 0 Å². The number of nitrogens with one attached hydrogen (secondary N) is 2. The fourth-order valence-electron chi connectivity index (χ4n) is 1.96. The third-order valence-electron chi connectivity index (χ3n) is 3.11. The molecule has 0 fully saturated rings. The molecule has 0 aliphatic rings. The number of hydrogen-bond acceptors (Lipinski definition) is 4. The quantitative estimate of drug-likeness (QED) is 0.237. The Kier molecular flexibility index (Phi) is 12.9. The fraction of sp³-hybridized carbons (Fsp3) is 0.562. The van der Waals surface area contributed by atoms with Gasteiger partial charge in [-0.3, -0.25) is 4.99 Å². The standard InChI is InChI=1S/C16H27N3O3S.HI/c1-3-17-16(18-11-7-13-22-2)19-12-8-14-23(20,21)15-9-5-4-6-10-15;/h4-6,9-10H,3,7-8,11-14H2,1-2H3,(H2,17,18,19);1H. The van der Waals surface area contributed by atoms with E-state index in [0.717, 1.165) is 19.5 Å². The molecule has 0 spiro atoms. The minimum atomic E-state index is -3.22. The lowest BCUT2D eigenvalue weighted by Crippen LogP contribution is -2.38. The monoisotopic (exact) mass is 469 g/mol. The Morgan fingerprint density at radius 3 is 2.50 bits per heavy atom. The Balaban J connectivity index is 0.00000529. The first-order valence-corrected chi connectivity index (χ1v) is 9.54. The molecule has 24 heavy (non-hydrogen) atoms. The molecule has 0 aromatic heterocycles. The van der Waals surface area contributed by atoms with Crippen molar-refractivity contribution in [2.45, 2.75) is 24.7 Å². The maximum Gasteiger partial charge on any atom is 0.191 e. The largest absolute Gasteiger partial charge is 0.385 e. The SMILES string of the molecule is CCNC(=NCCCS(=O)(=O)c1ccccc1)NCCCOC.I. The predicted octanol–water partition coefficient (Wildman–Crippen LogP) is 2.06. The molecule has 0 saturated carbocycles. The summed E-state index contributed by atoms with van der Waals surface area (Å²) in [6.07, 6.45) is 1.38. The first-order valence-electron chi connectivity index (χ1n) is 7.89. The predicted molar refractivity (Wildman–Crippen MR) is 109 cm³/mol. The van der Waals surface area contributed by atoms with Crippen molar-refractivity contribution in [3.05, 3.63) is 30.3 Å². The summed E-state index contributed by atoms with van der Waals surface area (Å²) in [5.74, 6) is 0.810. The number of sulfone groups is 1. The van der Waals surface area contributed by atoms with Crippen LogP contribution >= 0.6 is 24.0 Å². The van der Waals surface area contributed by atoms with Crippen LogP contribution in [0.25, 0.3) is 0 Å². The van der Waals surface area contributed by atoms with E-state index >= 15 is 0 Å². The number of rotatable bonds is 10. The molecule has 0 amide bonds. The molecule has 1 aromatic rings. The fourth-order valence-corrected chi connectivity index (χ4v) is 3.27. The topological polar surface area (TPSA) is 79.8 Å². The Bertz CT molecular complexity index is 565. The lowest BCUT2D eigenvalue weighted by molar-refractivity contribution is 0.195. The lowest BCUT2D eigenvalue weighted by Gasteiger charge is -2.11. The number of benzene rings is 1. The van der Waals surface area contributed by atoms with E-state index in [9.17, 15) is 8.42 Å². The van der Waals surface area contributed by atoms with Gasteiger partial charge >= 0.3 is 0 Å². The van der Waals surface area contributed by atoms with Crippen molar-refractivity contribution in [1.29, 1.82) is 0 Å². The zero-order valence-corrected chi connectivity index (χ0v) is 17.5. The maximum atomic E-state index is 12.2. The molecule has 138 valence electrons. The van der Waals surface area contributed by atoms with Crippen LogP contribution in [0.15, 0.2) is 40.2 Å². The number of aliphatic imine (C=N–C) groups is 1. The van der Waals surface area contributed by atoms with E-state index in [1.807, 2.05) is 6.92 Å². The van der Waals surface area contributed by atoms with Crippen molar-refractivity contribution >= 4 is 39.8 Å². The molecule has 0 saturated heterocycles. The van der Waals surface area contributed by atoms with E-state index < -0.39 is 9.84 Å². The maximum absolute atomic E-state index is 12.2. The molecule has 8 heteroatoms. The van der Waals surface area contributed by atoms with Crippen LogP contribution in [0, 0.1) is 0 Å². The highest BCUT2D eigenvalue weighted by Gasteiger charge is 2.12. The van der Waals surface area contributed by atoms with Gasteiger partial charge in [-0.2, -0.15) is 0 Å². The second kappa shape index (κ2) is 13.4. The van der Waals surface area contributed by atoms with E-state index in [4.69, 9.17) is 4.74 Å². The van der Waals surface area contributed by atoms with Gasteiger partial charge in [0.1, 0.15) is 0 Å². The van der Waals surface area contributed by atoms with Gasteiger partial charge in [0, 0.05) is 33.4 Å². The third kappa shape index (κ3) is 9.43. The third-order valence-corrected chi connectivity index (χ3v) is 4.92. The van der Waals surface area contributed by atoms with Gasteiger partial charge in [0.2, 0.25) is 0 Å². The molecular formula is C16H28IN3O3S. The van der Waals surface area contributed by atoms with Gasteiger partial charge in [0.15, 0.2) is 15.8 Å². The number of nitrogens with zero attached hydrogens (tertiary/aromatic N) is 1. The number of hydrogen-bond donors (Lipinski definition) is 2. The summed E-state index contributed by atoms with van der Waals surface area (Å²) >= 11 is 0. The van der Waals surface area contributed by atoms with Crippen LogP contribution in [0.5, 0.6) is 0 Å². The summed E-state index contributed by atoms with van der Waals surface area (Å²) in [6.45, 7) is 4.68. The summed E-state index contributed by atoms with van der Waals surface area (Å²) in [7, 11) is -1.55. The van der Waals surface area contributed by atoms with Crippen molar-refractivity contribution in [3.8, 4) is 0 Å². The minimum Gasteiger partial charge on any atom is -0.385 e. The Morgan fingerprint density at radius 2 is 1.88 bits per heavy atom. The van der Waals surface area contributed by atoms with Crippen molar-refractivity contribution < 1.29 is 13.2 Å². The lowest BCUT2D eigenvalue weighted by atomic mass is 10.4. The van der Waals surface area contributed by atoms with Gasteiger partial charge in [-0.1, -0.05) is 18.2 Å². The van der Waals surface area contributed by atoms with Gasteiger partial charge < -0.3 is 15.4 Å². The van der Waals surface area contributed by atoms with Crippen LogP contribution in [0.2, 0.25) is 0 Å². The number of ether oxygens (including phenoxy) is 1. The highest BCUT2D eigenvalue weighted by Crippen LogP contribution is 2.10. The highest BCUT2D eigenvalue weighted by atomic mass is 127. The summed E-state index contributed by atoms with van der Waals surface area (Å²) in [4.78, 5) is 4.77. The molecular weight excluding hydrogens is 441 g/mol. The second-order valence-corrected chi connectivity index (χ2v) is 7.13. The molecule has 1 rings (SSSR count).